The third-order valence-electron chi connectivity index (χ3n) is 2.54. The molecular formula is C13H14Cl2N2S. The van der Waals surface area contributed by atoms with Crippen LogP contribution in [0.25, 0.3) is 11.3 Å². The van der Waals surface area contributed by atoms with Crippen LogP contribution < -0.4 is 4.90 Å². The van der Waals surface area contributed by atoms with Crippen LogP contribution in [0, 0.1) is 0 Å². The number of aromatic nitrogens is 1. The number of alkyl halides is 2. The number of thiazole rings is 1. The van der Waals surface area contributed by atoms with Gasteiger partial charge in [-0.3, -0.25) is 0 Å². The van der Waals surface area contributed by atoms with Gasteiger partial charge in [-0.05, 0) is 0 Å². The molecule has 1 heterocycles. The molecule has 0 radical (unpaired) electrons. The van der Waals surface area contributed by atoms with Gasteiger partial charge in [-0.25, -0.2) is 4.98 Å². The first kappa shape index (κ1) is 13.7. The lowest BCUT2D eigenvalue weighted by molar-refractivity contribution is 0.868. The predicted octanol–water partition coefficient (Wildman–Crippen LogP) is 4.09. The summed E-state index contributed by atoms with van der Waals surface area (Å²) in [5.74, 6) is 1.16. The van der Waals surface area contributed by atoms with E-state index in [1.807, 2.05) is 18.2 Å². The summed E-state index contributed by atoms with van der Waals surface area (Å²) in [6, 6.07) is 10.2. The van der Waals surface area contributed by atoms with Gasteiger partial charge in [0.15, 0.2) is 5.13 Å². The van der Waals surface area contributed by atoms with E-state index in [1.54, 1.807) is 11.3 Å². The first-order chi connectivity index (χ1) is 8.85. The zero-order chi connectivity index (χ0) is 12.8. The molecule has 0 aliphatic rings. The molecule has 2 aromatic rings. The number of nitrogens with zero attached hydrogens (tertiary/aromatic N) is 2. The Bertz CT molecular complexity index is 467. The van der Waals surface area contributed by atoms with Crippen molar-refractivity contribution in [2.75, 3.05) is 29.7 Å². The Morgan fingerprint density at radius 3 is 2.33 bits per heavy atom. The van der Waals surface area contributed by atoms with Gasteiger partial charge in [-0.2, -0.15) is 0 Å². The second-order valence-corrected chi connectivity index (χ2v) is 5.34. The Labute approximate surface area is 121 Å². The summed E-state index contributed by atoms with van der Waals surface area (Å²) in [5, 5.41) is 3.05. The third kappa shape index (κ3) is 3.37. The van der Waals surface area contributed by atoms with Crippen LogP contribution in [-0.4, -0.2) is 29.8 Å². The van der Waals surface area contributed by atoms with Crippen molar-refractivity contribution >= 4 is 39.7 Å². The highest BCUT2D eigenvalue weighted by molar-refractivity contribution is 7.14. The summed E-state index contributed by atoms with van der Waals surface area (Å²) in [6.45, 7) is 1.55. The van der Waals surface area contributed by atoms with E-state index in [0.717, 1.165) is 29.5 Å². The minimum absolute atomic E-state index is 0.580. The number of hydrogen-bond acceptors (Lipinski definition) is 3. The molecule has 0 aliphatic carbocycles. The summed E-state index contributed by atoms with van der Waals surface area (Å²) >= 11 is 13.2. The minimum atomic E-state index is 0.580. The number of anilines is 1. The third-order valence-corrected chi connectivity index (χ3v) is 3.78. The molecule has 1 aromatic carbocycles. The maximum absolute atomic E-state index is 5.80. The molecule has 0 saturated heterocycles. The van der Waals surface area contributed by atoms with Crippen molar-refractivity contribution in [3.8, 4) is 11.3 Å². The van der Waals surface area contributed by atoms with Crippen LogP contribution in [0.5, 0.6) is 0 Å². The topological polar surface area (TPSA) is 16.1 Å². The van der Waals surface area contributed by atoms with E-state index in [9.17, 15) is 0 Å². The monoisotopic (exact) mass is 300 g/mol. The first-order valence-corrected chi connectivity index (χ1v) is 7.68. The smallest absolute Gasteiger partial charge is 0.185 e. The molecule has 5 heteroatoms. The van der Waals surface area contributed by atoms with Crippen LogP contribution in [0.3, 0.4) is 0 Å². The Balaban J connectivity index is 2.18. The molecule has 1 aromatic heterocycles. The van der Waals surface area contributed by atoms with Gasteiger partial charge in [0.2, 0.25) is 0 Å². The van der Waals surface area contributed by atoms with E-state index in [4.69, 9.17) is 23.2 Å². The molecule has 2 nitrogen and oxygen atoms in total. The zero-order valence-corrected chi connectivity index (χ0v) is 12.2. The van der Waals surface area contributed by atoms with Crippen molar-refractivity contribution in [2.24, 2.45) is 0 Å². The van der Waals surface area contributed by atoms with E-state index >= 15 is 0 Å². The lowest BCUT2D eigenvalue weighted by atomic mass is 10.2. The highest BCUT2D eigenvalue weighted by atomic mass is 35.5. The van der Waals surface area contributed by atoms with Crippen LogP contribution in [0.2, 0.25) is 0 Å². The lowest BCUT2D eigenvalue weighted by Crippen LogP contribution is -2.27. The molecule has 0 spiro atoms. The summed E-state index contributed by atoms with van der Waals surface area (Å²) in [7, 11) is 0. The molecule has 0 unspecified atom stereocenters. The highest BCUT2D eigenvalue weighted by Crippen LogP contribution is 2.27. The zero-order valence-electron chi connectivity index (χ0n) is 9.85. The van der Waals surface area contributed by atoms with Crippen LogP contribution in [-0.2, 0) is 0 Å². The predicted molar refractivity (Wildman–Crippen MR) is 81.2 cm³/mol. The van der Waals surface area contributed by atoms with Crippen LogP contribution in [0.1, 0.15) is 0 Å². The normalized spacial score (nSPS) is 10.6. The average Bonchev–Trinajstić information content (AvgIpc) is 2.89. The standard InChI is InChI=1S/C13H14Cl2N2S/c14-6-8-17(9-7-15)13-16-12(10-18-13)11-4-2-1-3-5-11/h1-5,10H,6-9H2. The van der Waals surface area contributed by atoms with Gasteiger partial charge in [0.25, 0.3) is 0 Å². The average molecular weight is 301 g/mol. The van der Waals surface area contributed by atoms with Crippen LogP contribution in [0.15, 0.2) is 35.7 Å². The molecule has 0 atom stereocenters. The lowest BCUT2D eigenvalue weighted by Gasteiger charge is -2.18. The first-order valence-electron chi connectivity index (χ1n) is 5.73. The summed E-state index contributed by atoms with van der Waals surface area (Å²) in [5.41, 5.74) is 2.14. The Morgan fingerprint density at radius 2 is 1.72 bits per heavy atom. The summed E-state index contributed by atoms with van der Waals surface area (Å²) in [6.07, 6.45) is 0. The van der Waals surface area contributed by atoms with Crippen molar-refractivity contribution in [2.45, 2.75) is 0 Å². The molecule has 96 valence electrons. The number of rotatable bonds is 6. The van der Waals surface area contributed by atoms with Gasteiger partial charge in [0, 0.05) is 35.8 Å². The SMILES string of the molecule is ClCCN(CCCl)c1nc(-c2ccccc2)cs1. The fraction of sp³-hybridized carbons (Fsp3) is 0.308. The molecule has 0 aliphatic heterocycles. The van der Waals surface area contributed by atoms with Gasteiger partial charge in [0.1, 0.15) is 0 Å². The second kappa shape index (κ2) is 6.98. The Morgan fingerprint density at radius 1 is 1.06 bits per heavy atom. The molecule has 0 amide bonds. The van der Waals surface area contributed by atoms with Gasteiger partial charge in [0.05, 0.1) is 5.69 Å². The van der Waals surface area contributed by atoms with Gasteiger partial charge in [-0.15, -0.1) is 34.5 Å². The maximum atomic E-state index is 5.80. The Hall–Kier alpha value is -0.770. The minimum Gasteiger partial charge on any atom is -0.346 e. The van der Waals surface area contributed by atoms with Crippen molar-refractivity contribution in [1.29, 1.82) is 0 Å². The molecule has 0 fully saturated rings. The van der Waals surface area contributed by atoms with Crippen molar-refractivity contribution < 1.29 is 0 Å². The molecular weight excluding hydrogens is 287 g/mol. The Kier molecular flexibility index (Phi) is 5.29. The van der Waals surface area contributed by atoms with Crippen molar-refractivity contribution in [3.63, 3.8) is 0 Å². The van der Waals surface area contributed by atoms with E-state index in [-0.39, 0.29) is 0 Å². The summed E-state index contributed by atoms with van der Waals surface area (Å²) < 4.78 is 0. The highest BCUT2D eigenvalue weighted by Gasteiger charge is 2.10. The van der Waals surface area contributed by atoms with Crippen LogP contribution in [0.4, 0.5) is 5.13 Å². The van der Waals surface area contributed by atoms with Gasteiger partial charge in [-0.1, -0.05) is 30.3 Å². The largest absolute Gasteiger partial charge is 0.346 e. The van der Waals surface area contributed by atoms with Gasteiger partial charge < -0.3 is 4.90 Å². The van der Waals surface area contributed by atoms with Crippen molar-refractivity contribution in [1.82, 2.24) is 4.98 Å². The van der Waals surface area contributed by atoms with Crippen molar-refractivity contribution in [3.05, 3.63) is 35.7 Å². The molecule has 2 rings (SSSR count). The van der Waals surface area contributed by atoms with E-state index in [1.165, 1.54) is 0 Å². The fourth-order valence-electron chi connectivity index (χ4n) is 1.66. The molecule has 0 N–H and O–H groups in total. The van der Waals surface area contributed by atoms with Crippen LogP contribution >= 0.6 is 34.5 Å². The number of benzene rings is 1. The summed E-state index contributed by atoms with van der Waals surface area (Å²) in [4.78, 5) is 6.77. The fourth-order valence-corrected chi connectivity index (χ4v) is 2.95. The van der Waals surface area contributed by atoms with Gasteiger partial charge >= 0.3 is 0 Å². The quantitative estimate of drug-likeness (QED) is 0.747. The molecule has 0 saturated carbocycles. The molecule has 18 heavy (non-hydrogen) atoms. The van der Waals surface area contributed by atoms with E-state index < -0.39 is 0 Å². The van der Waals surface area contributed by atoms with E-state index in [2.05, 4.69) is 27.4 Å². The number of halogens is 2. The molecule has 0 bridgehead atoms. The van der Waals surface area contributed by atoms with E-state index in [0.29, 0.717) is 11.8 Å². The number of hydrogen-bond donors (Lipinski definition) is 0. The second-order valence-electron chi connectivity index (χ2n) is 3.75. The maximum Gasteiger partial charge on any atom is 0.185 e.